The van der Waals surface area contributed by atoms with Crippen LogP contribution in [0.3, 0.4) is 0 Å². The number of allylic oxidation sites excluding steroid dienone is 2. The van der Waals surface area contributed by atoms with E-state index in [9.17, 15) is 23.1 Å². The molecule has 3 aliphatic rings. The topological polar surface area (TPSA) is 93.6 Å². The Balaban J connectivity index is 1.31. The van der Waals surface area contributed by atoms with E-state index in [0.29, 0.717) is 52.4 Å². The molecule has 2 aromatic heterocycles. The number of hydrogen-bond donors (Lipinski definition) is 2. The van der Waals surface area contributed by atoms with Crippen LogP contribution in [0.25, 0.3) is 21.4 Å². The van der Waals surface area contributed by atoms with Crippen LogP contribution in [-0.2, 0) is 9.53 Å². The van der Waals surface area contributed by atoms with Gasteiger partial charge in [-0.05, 0) is 66.4 Å². The predicted octanol–water partition coefficient (Wildman–Crippen LogP) is 6.83. The highest BCUT2D eigenvalue weighted by molar-refractivity contribution is 7.17. The standard InChI is InChI=1S/C29H27ClF3N3O4S/c30-18-3-4-19(20(10-18)17-2-1-9-39-12-17)25(29(31,32)33)40-26-24-23(35-15-36-26)21(13-41-24)16-5-7-28(8-6-16)11-22(27(37)38)34-14-28/h2-5,10,13,15,22,25,34H,1,6-9,11-12,14H2,(H,37,38)/t22?,25-,28?/m1/s1. The molecule has 6 rings (SSSR count). The molecule has 1 saturated heterocycles. The van der Waals surface area contributed by atoms with E-state index in [1.165, 1.54) is 35.9 Å². The van der Waals surface area contributed by atoms with E-state index >= 15 is 0 Å². The second-order valence-electron chi connectivity index (χ2n) is 10.8. The van der Waals surface area contributed by atoms with E-state index in [1.54, 1.807) is 0 Å². The summed E-state index contributed by atoms with van der Waals surface area (Å²) in [7, 11) is 0. The van der Waals surface area contributed by atoms with Gasteiger partial charge >= 0.3 is 12.1 Å². The Morgan fingerprint density at radius 2 is 2.10 bits per heavy atom. The maximum absolute atomic E-state index is 14.6. The zero-order valence-electron chi connectivity index (χ0n) is 21.8. The Labute approximate surface area is 243 Å². The lowest BCUT2D eigenvalue weighted by Gasteiger charge is -2.31. The molecule has 2 aliphatic heterocycles. The summed E-state index contributed by atoms with van der Waals surface area (Å²) in [6, 6.07) is 3.74. The zero-order valence-corrected chi connectivity index (χ0v) is 23.4. The number of carboxylic acids is 1. The highest BCUT2D eigenvalue weighted by Crippen LogP contribution is 2.47. The highest BCUT2D eigenvalue weighted by Gasteiger charge is 2.45. The molecular weight excluding hydrogens is 579 g/mol. The monoisotopic (exact) mass is 605 g/mol. The van der Waals surface area contributed by atoms with Crippen LogP contribution >= 0.6 is 22.9 Å². The number of carboxylic acid groups (broad SMARTS) is 1. The van der Waals surface area contributed by atoms with Gasteiger partial charge in [-0.3, -0.25) is 4.79 Å². The van der Waals surface area contributed by atoms with E-state index in [1.807, 2.05) is 11.5 Å². The van der Waals surface area contributed by atoms with Crippen molar-refractivity contribution in [1.29, 1.82) is 0 Å². The molecule has 1 fully saturated rings. The maximum Gasteiger partial charge on any atom is 0.429 e. The summed E-state index contributed by atoms with van der Waals surface area (Å²) in [5.74, 6) is -0.975. The Kier molecular flexibility index (Phi) is 7.56. The lowest BCUT2D eigenvalue weighted by atomic mass is 9.72. The van der Waals surface area contributed by atoms with Crippen molar-refractivity contribution in [2.45, 2.75) is 50.4 Å². The molecule has 3 atom stereocenters. The predicted molar refractivity (Wildman–Crippen MR) is 150 cm³/mol. The molecular formula is C29H27ClF3N3O4S. The van der Waals surface area contributed by atoms with Gasteiger partial charge in [0.1, 0.15) is 17.1 Å². The number of carbonyl (C=O) groups is 1. The van der Waals surface area contributed by atoms with Crippen LogP contribution < -0.4 is 10.1 Å². The number of ether oxygens (including phenoxy) is 2. The first kappa shape index (κ1) is 28.1. The van der Waals surface area contributed by atoms with Crippen LogP contribution in [0.1, 0.15) is 54.9 Å². The summed E-state index contributed by atoms with van der Waals surface area (Å²) in [4.78, 5) is 19.9. The second kappa shape index (κ2) is 11.0. The van der Waals surface area contributed by atoms with Gasteiger partial charge in [0.25, 0.3) is 0 Å². The summed E-state index contributed by atoms with van der Waals surface area (Å²) >= 11 is 7.43. The molecule has 0 radical (unpaired) electrons. The molecule has 3 aromatic rings. The van der Waals surface area contributed by atoms with Gasteiger partial charge in [-0.1, -0.05) is 29.8 Å². The van der Waals surface area contributed by atoms with E-state index in [-0.39, 0.29) is 23.5 Å². The molecule has 216 valence electrons. The second-order valence-corrected chi connectivity index (χ2v) is 12.1. The van der Waals surface area contributed by atoms with E-state index < -0.39 is 24.3 Å². The van der Waals surface area contributed by atoms with Gasteiger partial charge in [-0.25, -0.2) is 9.97 Å². The Morgan fingerprint density at radius 3 is 2.78 bits per heavy atom. The third kappa shape index (κ3) is 5.60. The first-order chi connectivity index (χ1) is 19.6. The number of rotatable bonds is 6. The number of halogens is 4. The van der Waals surface area contributed by atoms with Crippen LogP contribution in [0.2, 0.25) is 5.02 Å². The maximum atomic E-state index is 14.6. The summed E-state index contributed by atoms with van der Waals surface area (Å²) in [5.41, 5.74) is 3.23. The van der Waals surface area contributed by atoms with Gasteiger partial charge < -0.3 is 19.9 Å². The molecule has 2 N–H and O–H groups in total. The number of benzene rings is 1. The van der Waals surface area contributed by atoms with Crippen LogP contribution in [0.15, 0.2) is 42.1 Å². The average molecular weight is 606 g/mol. The number of thiophene rings is 1. The molecule has 4 heterocycles. The van der Waals surface area contributed by atoms with Gasteiger partial charge in [0.2, 0.25) is 12.0 Å². The van der Waals surface area contributed by atoms with Crippen LogP contribution in [0.4, 0.5) is 13.2 Å². The third-order valence-corrected chi connectivity index (χ3v) is 9.31. The van der Waals surface area contributed by atoms with Crippen molar-refractivity contribution >= 4 is 50.3 Å². The Bertz CT molecular complexity index is 1560. The molecule has 0 bridgehead atoms. The van der Waals surface area contributed by atoms with Crippen molar-refractivity contribution < 1.29 is 32.5 Å². The Morgan fingerprint density at radius 1 is 1.24 bits per heavy atom. The average Bonchev–Trinajstić information content (AvgIpc) is 3.58. The van der Waals surface area contributed by atoms with Gasteiger partial charge in [0.15, 0.2) is 0 Å². The van der Waals surface area contributed by atoms with E-state index in [2.05, 4.69) is 21.4 Å². The number of aliphatic carboxylic acids is 1. The number of alkyl halides is 3. The van der Waals surface area contributed by atoms with Crippen LogP contribution in [0.5, 0.6) is 5.88 Å². The SMILES string of the molecule is O=C(O)C1CC2(CC=C(c3csc4c(O[C@H](c5ccc(Cl)cc5C5=CCCOC5)C(F)(F)F)ncnc34)CC2)CN1. The minimum absolute atomic E-state index is 0.0627. The first-order valence-electron chi connectivity index (χ1n) is 13.3. The fourth-order valence-corrected chi connectivity index (χ4v) is 7.11. The lowest BCUT2D eigenvalue weighted by Crippen LogP contribution is -2.30. The van der Waals surface area contributed by atoms with E-state index in [4.69, 9.17) is 21.1 Å². The normalized spacial score (nSPS) is 23.9. The molecule has 0 amide bonds. The minimum atomic E-state index is -4.74. The lowest BCUT2D eigenvalue weighted by molar-refractivity contribution is -0.198. The molecule has 1 aliphatic carbocycles. The summed E-state index contributed by atoms with van der Waals surface area (Å²) < 4.78 is 55.3. The zero-order chi connectivity index (χ0) is 28.8. The van der Waals surface area contributed by atoms with Gasteiger partial charge in [-0.2, -0.15) is 13.2 Å². The molecule has 1 aromatic carbocycles. The number of nitrogens with zero attached hydrogens (tertiary/aromatic N) is 2. The van der Waals surface area contributed by atoms with Gasteiger partial charge in [-0.15, -0.1) is 11.3 Å². The summed E-state index contributed by atoms with van der Waals surface area (Å²) in [5, 5.41) is 14.7. The number of fused-ring (bicyclic) bond motifs is 1. The highest BCUT2D eigenvalue weighted by atomic mass is 35.5. The summed E-state index contributed by atoms with van der Waals surface area (Å²) in [6.45, 7) is 1.34. The molecule has 7 nitrogen and oxygen atoms in total. The fraction of sp³-hybridized carbons (Fsp3) is 0.414. The van der Waals surface area contributed by atoms with Crippen molar-refractivity contribution in [2.75, 3.05) is 19.8 Å². The molecule has 41 heavy (non-hydrogen) atoms. The van der Waals surface area contributed by atoms with Crippen molar-refractivity contribution in [3.8, 4) is 5.88 Å². The van der Waals surface area contributed by atoms with E-state index in [0.717, 1.165) is 30.4 Å². The Hall–Kier alpha value is -2.99. The number of aromatic nitrogens is 2. The molecule has 0 saturated carbocycles. The quantitative estimate of drug-likeness (QED) is 0.318. The van der Waals surface area contributed by atoms with Crippen molar-refractivity contribution in [2.24, 2.45) is 5.41 Å². The minimum Gasteiger partial charge on any atom is -0.480 e. The largest absolute Gasteiger partial charge is 0.480 e. The number of nitrogens with one attached hydrogen (secondary N) is 1. The molecule has 12 heteroatoms. The fourth-order valence-electron chi connectivity index (χ4n) is 5.97. The van der Waals surface area contributed by atoms with Crippen LogP contribution in [0, 0.1) is 5.41 Å². The van der Waals surface area contributed by atoms with Crippen molar-refractivity contribution in [1.82, 2.24) is 15.3 Å². The molecule has 1 spiro atoms. The molecule has 2 unspecified atom stereocenters. The van der Waals surface area contributed by atoms with Gasteiger partial charge in [0.05, 0.1) is 18.7 Å². The summed E-state index contributed by atoms with van der Waals surface area (Å²) in [6.07, 6.45) is 1.61. The van der Waals surface area contributed by atoms with Crippen LogP contribution in [-0.4, -0.2) is 53.0 Å². The smallest absolute Gasteiger partial charge is 0.429 e. The first-order valence-corrected chi connectivity index (χ1v) is 14.6. The third-order valence-electron chi connectivity index (χ3n) is 8.11. The van der Waals surface area contributed by atoms with Crippen molar-refractivity contribution in [3.05, 3.63) is 63.8 Å². The number of hydrogen-bond acceptors (Lipinski definition) is 7. The van der Waals surface area contributed by atoms with Crippen molar-refractivity contribution in [3.63, 3.8) is 0 Å². The van der Waals surface area contributed by atoms with Gasteiger partial charge in [0, 0.05) is 28.1 Å².